The van der Waals surface area contributed by atoms with Gasteiger partial charge < -0.3 is 15.4 Å². The van der Waals surface area contributed by atoms with Crippen LogP contribution in [-0.4, -0.2) is 31.4 Å². The number of ether oxygens (including phenoxy) is 1. The van der Waals surface area contributed by atoms with Crippen molar-refractivity contribution in [3.8, 4) is 5.75 Å². The van der Waals surface area contributed by atoms with E-state index in [9.17, 15) is 4.79 Å². The van der Waals surface area contributed by atoms with Crippen molar-refractivity contribution in [2.24, 2.45) is 11.7 Å². The van der Waals surface area contributed by atoms with Crippen LogP contribution < -0.4 is 15.4 Å². The molecule has 0 bridgehead atoms. The van der Waals surface area contributed by atoms with Crippen LogP contribution in [0, 0.1) is 12.8 Å². The van der Waals surface area contributed by atoms with E-state index in [1.54, 1.807) is 6.07 Å². The van der Waals surface area contributed by atoms with E-state index in [0.717, 1.165) is 62.4 Å². The second-order valence-electron chi connectivity index (χ2n) is 9.70. The minimum absolute atomic E-state index is 0.407. The van der Waals surface area contributed by atoms with E-state index < -0.39 is 5.91 Å². The normalized spacial score (nSPS) is 11.8. The van der Waals surface area contributed by atoms with Gasteiger partial charge >= 0.3 is 0 Å². The highest BCUT2D eigenvalue weighted by Gasteiger charge is 2.14. The number of benzene rings is 2. The first-order valence-corrected chi connectivity index (χ1v) is 14.2. The summed E-state index contributed by atoms with van der Waals surface area (Å²) in [6.07, 6.45) is 12.2. The molecule has 0 aliphatic rings. The fourth-order valence-corrected chi connectivity index (χ4v) is 4.91. The first-order valence-electron chi connectivity index (χ1n) is 13.6. The molecule has 0 fully saturated rings. The van der Waals surface area contributed by atoms with Gasteiger partial charge in [0.25, 0.3) is 0 Å². The number of thiol groups is 1. The zero-order chi connectivity index (χ0) is 26.2. The molecule has 0 aliphatic carbocycles. The monoisotopic (exact) mass is 510 g/mol. The van der Waals surface area contributed by atoms with E-state index in [1.165, 1.54) is 36.8 Å². The maximum absolute atomic E-state index is 11.8. The molecule has 0 aromatic heterocycles. The summed E-state index contributed by atoms with van der Waals surface area (Å²) < 4.78 is 6.21. The van der Waals surface area contributed by atoms with E-state index in [0.29, 0.717) is 18.1 Å². The number of hydrogen-bond acceptors (Lipinski definition) is 4. The SMILES string of the molecule is C=CC[C@@H](CS)CCCCCCN(CC)c1cc(C(N)=O)ccc1OCCCCc1cccc(C)c1. The molecule has 0 heterocycles. The first kappa shape index (κ1) is 29.8. The molecule has 2 aromatic rings. The Balaban J connectivity index is 1.87. The van der Waals surface area contributed by atoms with Crippen molar-refractivity contribution in [3.05, 3.63) is 71.8 Å². The molecule has 1 atom stereocenters. The minimum atomic E-state index is -0.407. The van der Waals surface area contributed by atoms with Gasteiger partial charge in [-0.15, -0.1) is 6.58 Å². The molecule has 0 saturated carbocycles. The molecule has 0 spiro atoms. The van der Waals surface area contributed by atoms with Gasteiger partial charge in [-0.25, -0.2) is 0 Å². The van der Waals surface area contributed by atoms with E-state index in [-0.39, 0.29) is 0 Å². The van der Waals surface area contributed by atoms with Gasteiger partial charge in [0.15, 0.2) is 0 Å². The molecular weight excluding hydrogens is 464 g/mol. The number of carbonyl (C=O) groups excluding carboxylic acids is 1. The van der Waals surface area contributed by atoms with Crippen LogP contribution in [0.1, 0.15) is 79.8 Å². The van der Waals surface area contributed by atoms with Crippen LogP contribution in [0.3, 0.4) is 0 Å². The highest BCUT2D eigenvalue weighted by molar-refractivity contribution is 7.80. The highest BCUT2D eigenvalue weighted by atomic mass is 32.1. The Hall–Kier alpha value is -2.40. The fourth-order valence-electron chi connectivity index (χ4n) is 4.58. The van der Waals surface area contributed by atoms with Crippen LogP contribution in [-0.2, 0) is 6.42 Å². The fraction of sp³-hybridized carbons (Fsp3) is 0.516. The molecule has 0 radical (unpaired) electrons. The number of anilines is 1. The predicted octanol–water partition coefficient (Wildman–Crippen LogP) is 7.39. The summed E-state index contributed by atoms with van der Waals surface area (Å²) in [5.41, 5.74) is 9.75. The average molecular weight is 511 g/mol. The highest BCUT2D eigenvalue weighted by Crippen LogP contribution is 2.30. The lowest BCUT2D eigenvalue weighted by molar-refractivity contribution is 0.1000. The standard InChI is InChI=1S/C31H46N2O2S/c1-4-13-27(24-36)16-8-6-7-10-20-33(5-2)29-23-28(31(32)34)18-19-30(29)35-21-11-9-15-26-17-12-14-25(3)22-26/h4,12,14,17-19,22-23,27,36H,1,5-11,13,15-16,20-21,24H2,2-3H3,(H2,32,34)/t27-/m1/s1. The maximum Gasteiger partial charge on any atom is 0.248 e. The van der Waals surface area contributed by atoms with Crippen molar-refractivity contribution in [2.45, 2.75) is 71.6 Å². The summed E-state index contributed by atoms with van der Waals surface area (Å²) in [5, 5.41) is 0. The summed E-state index contributed by atoms with van der Waals surface area (Å²) in [5.74, 6) is 2.00. The van der Waals surface area contributed by atoms with Gasteiger partial charge in [-0.2, -0.15) is 12.6 Å². The number of primary amides is 1. The Bertz CT molecular complexity index is 931. The zero-order valence-corrected chi connectivity index (χ0v) is 23.3. The third-order valence-electron chi connectivity index (χ3n) is 6.71. The second-order valence-corrected chi connectivity index (χ2v) is 10.1. The van der Waals surface area contributed by atoms with Crippen molar-refractivity contribution in [3.63, 3.8) is 0 Å². The van der Waals surface area contributed by atoms with Crippen molar-refractivity contribution >= 4 is 24.2 Å². The van der Waals surface area contributed by atoms with Crippen LogP contribution in [0.25, 0.3) is 0 Å². The van der Waals surface area contributed by atoms with Gasteiger partial charge in [0.05, 0.1) is 12.3 Å². The maximum atomic E-state index is 11.8. The van der Waals surface area contributed by atoms with Crippen LogP contribution in [0.5, 0.6) is 5.75 Å². The number of nitrogens with two attached hydrogens (primary N) is 1. The van der Waals surface area contributed by atoms with Gasteiger partial charge in [0.2, 0.25) is 5.91 Å². The largest absolute Gasteiger partial charge is 0.491 e. The van der Waals surface area contributed by atoms with E-state index in [1.807, 2.05) is 18.2 Å². The lowest BCUT2D eigenvalue weighted by Gasteiger charge is -2.26. The summed E-state index contributed by atoms with van der Waals surface area (Å²) >= 11 is 4.46. The van der Waals surface area contributed by atoms with Crippen molar-refractivity contribution in [2.75, 3.05) is 30.3 Å². The summed E-state index contributed by atoms with van der Waals surface area (Å²) in [6.45, 7) is 10.6. The second kappa shape index (κ2) is 17.1. The molecule has 5 heteroatoms. The topological polar surface area (TPSA) is 55.6 Å². The van der Waals surface area contributed by atoms with Crippen LogP contribution in [0.4, 0.5) is 5.69 Å². The van der Waals surface area contributed by atoms with E-state index in [2.05, 4.69) is 62.2 Å². The molecule has 2 aromatic carbocycles. The summed E-state index contributed by atoms with van der Waals surface area (Å²) in [7, 11) is 0. The lowest BCUT2D eigenvalue weighted by Crippen LogP contribution is -2.25. The molecule has 0 unspecified atom stereocenters. The number of rotatable bonds is 19. The molecule has 36 heavy (non-hydrogen) atoms. The quantitative estimate of drug-likeness (QED) is 0.118. The molecule has 198 valence electrons. The Morgan fingerprint density at radius 1 is 1.11 bits per heavy atom. The summed E-state index contributed by atoms with van der Waals surface area (Å²) in [4.78, 5) is 14.2. The molecular formula is C31H46N2O2S. The van der Waals surface area contributed by atoms with Gasteiger partial charge in [-0.05, 0) is 87.8 Å². The number of hydrogen-bond donors (Lipinski definition) is 2. The predicted molar refractivity (Wildman–Crippen MR) is 158 cm³/mol. The Kier molecular flexibility index (Phi) is 14.2. The number of aryl methyl sites for hydroxylation is 2. The smallest absolute Gasteiger partial charge is 0.248 e. The Morgan fingerprint density at radius 3 is 2.61 bits per heavy atom. The number of carbonyl (C=O) groups is 1. The molecule has 1 amide bonds. The van der Waals surface area contributed by atoms with Crippen LogP contribution in [0.2, 0.25) is 0 Å². The van der Waals surface area contributed by atoms with Crippen molar-refractivity contribution < 1.29 is 9.53 Å². The van der Waals surface area contributed by atoms with Gasteiger partial charge in [0, 0.05) is 18.7 Å². The summed E-state index contributed by atoms with van der Waals surface area (Å²) in [6, 6.07) is 14.2. The number of nitrogens with zero attached hydrogens (tertiary/aromatic N) is 1. The van der Waals surface area contributed by atoms with Gasteiger partial charge in [0.1, 0.15) is 5.75 Å². The average Bonchev–Trinajstić information content (AvgIpc) is 2.87. The first-order chi connectivity index (χ1) is 17.5. The van der Waals surface area contributed by atoms with Crippen LogP contribution >= 0.6 is 12.6 Å². The minimum Gasteiger partial charge on any atom is -0.491 e. The molecule has 2 N–H and O–H groups in total. The number of amides is 1. The third-order valence-corrected chi connectivity index (χ3v) is 7.23. The Labute approximate surface area is 224 Å². The van der Waals surface area contributed by atoms with Gasteiger partial charge in [-0.1, -0.05) is 55.2 Å². The molecule has 2 rings (SSSR count). The Morgan fingerprint density at radius 2 is 1.92 bits per heavy atom. The van der Waals surface area contributed by atoms with Crippen molar-refractivity contribution in [1.29, 1.82) is 0 Å². The number of allylic oxidation sites excluding steroid dienone is 1. The lowest BCUT2D eigenvalue weighted by atomic mass is 9.99. The third kappa shape index (κ3) is 10.7. The van der Waals surface area contributed by atoms with E-state index in [4.69, 9.17) is 10.5 Å². The zero-order valence-electron chi connectivity index (χ0n) is 22.4. The van der Waals surface area contributed by atoms with E-state index >= 15 is 0 Å². The van der Waals surface area contributed by atoms with Crippen molar-refractivity contribution in [1.82, 2.24) is 0 Å². The van der Waals surface area contributed by atoms with Crippen LogP contribution in [0.15, 0.2) is 55.1 Å². The number of unbranched alkanes of at least 4 members (excludes halogenated alkanes) is 4. The van der Waals surface area contributed by atoms with Gasteiger partial charge in [-0.3, -0.25) is 4.79 Å². The molecule has 4 nitrogen and oxygen atoms in total. The molecule has 0 saturated heterocycles. The molecule has 0 aliphatic heterocycles.